The molecule has 0 unspecified atom stereocenters. The molecule has 3 aromatic rings. The van der Waals surface area contributed by atoms with Crippen molar-refractivity contribution in [1.82, 2.24) is 29.7 Å². The van der Waals surface area contributed by atoms with Gasteiger partial charge in [-0.2, -0.15) is 10.2 Å². The van der Waals surface area contributed by atoms with Gasteiger partial charge in [-0.3, -0.25) is 9.48 Å². The summed E-state index contributed by atoms with van der Waals surface area (Å²) in [6, 6.07) is 3.54. The Bertz CT molecular complexity index is 777. The molecule has 0 saturated carbocycles. The minimum Gasteiger partial charge on any atom is -0.345 e. The lowest BCUT2D eigenvalue weighted by atomic mass is 10.3. The van der Waals surface area contributed by atoms with Gasteiger partial charge in [0, 0.05) is 25.6 Å². The van der Waals surface area contributed by atoms with E-state index in [1.54, 1.807) is 23.1 Å². The van der Waals surface area contributed by atoms with Crippen LogP contribution in [0, 0.1) is 0 Å². The summed E-state index contributed by atoms with van der Waals surface area (Å²) < 4.78 is 3.14. The second-order valence-electron chi connectivity index (χ2n) is 4.21. The van der Waals surface area contributed by atoms with E-state index in [0.29, 0.717) is 12.2 Å². The van der Waals surface area contributed by atoms with Crippen LogP contribution in [-0.4, -0.2) is 30.3 Å². The second-order valence-corrected chi connectivity index (χ2v) is 4.59. The molecule has 1 amide bonds. The van der Waals surface area contributed by atoms with Crippen molar-refractivity contribution in [2.75, 3.05) is 0 Å². The van der Waals surface area contributed by atoms with Crippen LogP contribution in [-0.2, 0) is 13.6 Å². The van der Waals surface area contributed by atoms with Crippen LogP contribution in [0.25, 0.3) is 5.65 Å². The fourth-order valence-electron chi connectivity index (χ4n) is 1.82. The lowest BCUT2D eigenvalue weighted by molar-refractivity contribution is 0.0945. The molecule has 7 nitrogen and oxygen atoms in total. The first-order valence-corrected chi connectivity index (χ1v) is 6.28. The third kappa shape index (κ3) is 2.23. The molecule has 0 saturated heterocycles. The molecule has 0 aliphatic carbocycles. The minimum absolute atomic E-state index is 0.154. The summed E-state index contributed by atoms with van der Waals surface area (Å²) in [7, 11) is 1.82. The van der Waals surface area contributed by atoms with Crippen LogP contribution in [0.1, 0.15) is 16.2 Å². The number of aromatic nitrogens is 5. The van der Waals surface area contributed by atoms with Crippen LogP contribution in [0.3, 0.4) is 0 Å². The smallest absolute Gasteiger partial charge is 0.273 e. The van der Waals surface area contributed by atoms with Crippen LogP contribution in [0.5, 0.6) is 0 Å². The topological polar surface area (TPSA) is 77.1 Å². The molecule has 0 bridgehead atoms. The summed E-state index contributed by atoms with van der Waals surface area (Å²) in [5, 5.41) is 11.3. The van der Waals surface area contributed by atoms with Gasteiger partial charge in [0.15, 0.2) is 11.3 Å². The predicted molar refractivity (Wildman–Crippen MR) is 72.4 cm³/mol. The van der Waals surface area contributed by atoms with E-state index in [1.807, 2.05) is 19.3 Å². The standard InChI is InChI=1S/C12H11ClN6O/c1-18-6-3-8(16-18)7-15-12(20)10-9(13)11-14-4-2-5-19(11)17-10/h2-6H,7H2,1H3,(H,15,20). The molecule has 0 spiro atoms. The Labute approximate surface area is 119 Å². The average molecular weight is 291 g/mol. The number of amides is 1. The highest BCUT2D eigenvalue weighted by molar-refractivity contribution is 6.36. The number of halogens is 1. The molecule has 0 aromatic carbocycles. The molecule has 0 radical (unpaired) electrons. The molecule has 1 N–H and O–H groups in total. The van der Waals surface area contributed by atoms with Gasteiger partial charge in [0.1, 0.15) is 5.02 Å². The zero-order chi connectivity index (χ0) is 14.1. The molecule has 0 aliphatic rings. The number of hydrogen-bond donors (Lipinski definition) is 1. The van der Waals surface area contributed by atoms with E-state index >= 15 is 0 Å². The minimum atomic E-state index is -0.355. The number of aryl methyl sites for hydroxylation is 1. The molecule has 0 atom stereocenters. The fraction of sp³-hybridized carbons (Fsp3) is 0.167. The number of nitrogens with one attached hydrogen (secondary N) is 1. The third-order valence-electron chi connectivity index (χ3n) is 2.75. The van der Waals surface area contributed by atoms with Crippen molar-refractivity contribution in [3.05, 3.63) is 47.1 Å². The molecule has 0 aliphatic heterocycles. The number of fused-ring (bicyclic) bond motifs is 1. The van der Waals surface area contributed by atoms with Crippen molar-refractivity contribution < 1.29 is 4.79 Å². The van der Waals surface area contributed by atoms with E-state index in [9.17, 15) is 4.79 Å². The lowest BCUT2D eigenvalue weighted by Gasteiger charge is -2.00. The van der Waals surface area contributed by atoms with Crippen LogP contribution in [0.2, 0.25) is 5.02 Å². The summed E-state index contributed by atoms with van der Waals surface area (Å²) in [5.74, 6) is -0.355. The van der Waals surface area contributed by atoms with Crippen LogP contribution < -0.4 is 5.32 Å². The Kier molecular flexibility index (Phi) is 3.11. The Morgan fingerprint density at radius 3 is 2.95 bits per heavy atom. The predicted octanol–water partition coefficient (Wildman–Crippen LogP) is 1.05. The van der Waals surface area contributed by atoms with E-state index in [2.05, 4.69) is 20.5 Å². The number of nitrogens with zero attached hydrogens (tertiary/aromatic N) is 5. The fourth-order valence-corrected chi connectivity index (χ4v) is 2.07. The summed E-state index contributed by atoms with van der Waals surface area (Å²) >= 11 is 6.11. The first-order chi connectivity index (χ1) is 9.65. The van der Waals surface area contributed by atoms with Crippen molar-refractivity contribution in [2.45, 2.75) is 6.54 Å². The zero-order valence-electron chi connectivity index (χ0n) is 10.6. The molecule has 3 heterocycles. The first kappa shape index (κ1) is 12.6. The van der Waals surface area contributed by atoms with Gasteiger partial charge in [0.05, 0.1) is 12.2 Å². The monoisotopic (exact) mass is 290 g/mol. The van der Waals surface area contributed by atoms with Crippen LogP contribution in [0.4, 0.5) is 0 Å². The molecule has 3 rings (SSSR count). The maximum atomic E-state index is 12.1. The SMILES string of the molecule is Cn1ccc(CNC(=O)c2nn3cccnc3c2Cl)n1. The Morgan fingerprint density at radius 2 is 2.25 bits per heavy atom. The van der Waals surface area contributed by atoms with E-state index in [-0.39, 0.29) is 16.6 Å². The highest BCUT2D eigenvalue weighted by Crippen LogP contribution is 2.19. The van der Waals surface area contributed by atoms with Crippen molar-refractivity contribution in [3.63, 3.8) is 0 Å². The maximum absolute atomic E-state index is 12.1. The average Bonchev–Trinajstić information content (AvgIpc) is 3.01. The number of carbonyl (C=O) groups is 1. The summed E-state index contributed by atoms with van der Waals surface area (Å²) in [5.41, 5.74) is 1.37. The normalized spacial score (nSPS) is 10.9. The van der Waals surface area contributed by atoms with Crippen LogP contribution >= 0.6 is 11.6 Å². The van der Waals surface area contributed by atoms with E-state index in [4.69, 9.17) is 11.6 Å². The molecule has 102 valence electrons. The number of rotatable bonds is 3. The van der Waals surface area contributed by atoms with Gasteiger partial charge in [-0.25, -0.2) is 9.50 Å². The second kappa shape index (κ2) is 4.93. The van der Waals surface area contributed by atoms with Crippen molar-refractivity contribution in [1.29, 1.82) is 0 Å². The number of carbonyl (C=O) groups excluding carboxylic acids is 1. The van der Waals surface area contributed by atoms with E-state index in [1.165, 1.54) is 4.52 Å². The summed E-state index contributed by atoms with van der Waals surface area (Å²) in [6.45, 7) is 0.317. The summed E-state index contributed by atoms with van der Waals surface area (Å²) in [6.07, 6.45) is 5.09. The van der Waals surface area contributed by atoms with Crippen molar-refractivity contribution in [3.8, 4) is 0 Å². The van der Waals surface area contributed by atoms with Crippen LogP contribution in [0.15, 0.2) is 30.7 Å². The summed E-state index contributed by atoms with van der Waals surface area (Å²) in [4.78, 5) is 16.2. The Balaban J connectivity index is 1.80. The highest BCUT2D eigenvalue weighted by Gasteiger charge is 2.18. The first-order valence-electron chi connectivity index (χ1n) is 5.91. The van der Waals surface area contributed by atoms with Gasteiger partial charge in [0.25, 0.3) is 5.91 Å². The van der Waals surface area contributed by atoms with Crippen molar-refractivity contribution in [2.24, 2.45) is 7.05 Å². The molecular weight excluding hydrogens is 280 g/mol. The van der Waals surface area contributed by atoms with Gasteiger partial charge in [-0.05, 0) is 12.1 Å². The van der Waals surface area contributed by atoms with Gasteiger partial charge in [-0.1, -0.05) is 11.6 Å². The van der Waals surface area contributed by atoms with Gasteiger partial charge in [0.2, 0.25) is 0 Å². The van der Waals surface area contributed by atoms with Gasteiger partial charge in [-0.15, -0.1) is 0 Å². The molecular formula is C12H11ClN6O. The largest absolute Gasteiger partial charge is 0.345 e. The van der Waals surface area contributed by atoms with E-state index < -0.39 is 0 Å². The highest BCUT2D eigenvalue weighted by atomic mass is 35.5. The molecule has 3 aromatic heterocycles. The maximum Gasteiger partial charge on any atom is 0.273 e. The van der Waals surface area contributed by atoms with Gasteiger partial charge < -0.3 is 5.32 Å². The quantitative estimate of drug-likeness (QED) is 0.782. The molecule has 8 heteroatoms. The third-order valence-corrected chi connectivity index (χ3v) is 3.10. The van der Waals surface area contributed by atoms with E-state index in [0.717, 1.165) is 5.69 Å². The molecule has 20 heavy (non-hydrogen) atoms. The zero-order valence-corrected chi connectivity index (χ0v) is 11.4. The molecule has 0 fully saturated rings. The van der Waals surface area contributed by atoms with Gasteiger partial charge >= 0.3 is 0 Å². The lowest BCUT2D eigenvalue weighted by Crippen LogP contribution is -2.23. The Hall–Kier alpha value is -2.41. The Morgan fingerprint density at radius 1 is 1.40 bits per heavy atom. The number of hydrogen-bond acceptors (Lipinski definition) is 4. The van der Waals surface area contributed by atoms with Crippen molar-refractivity contribution >= 4 is 23.2 Å².